The van der Waals surface area contributed by atoms with Crippen LogP contribution in [-0.2, 0) is 9.53 Å². The van der Waals surface area contributed by atoms with Crippen LogP contribution >= 0.6 is 0 Å². The Hall–Kier alpha value is -2.55. The molecule has 0 fully saturated rings. The van der Waals surface area contributed by atoms with E-state index in [-0.39, 0.29) is 18.0 Å². The normalized spacial score (nSPS) is 19.9. The highest BCUT2D eigenvalue weighted by molar-refractivity contribution is 5.94. The van der Waals surface area contributed by atoms with E-state index in [2.05, 4.69) is 10.2 Å². The van der Waals surface area contributed by atoms with E-state index in [1.54, 1.807) is 43.9 Å². The second-order valence-corrected chi connectivity index (χ2v) is 7.03. The maximum atomic E-state index is 12.1. The maximum absolute atomic E-state index is 12.1. The molecule has 6 nitrogen and oxygen atoms in total. The Kier molecular flexibility index (Phi) is 4.83. The fraction of sp³-hybridized carbons (Fsp3) is 0.500. The van der Waals surface area contributed by atoms with Crippen LogP contribution in [0.2, 0.25) is 0 Å². The van der Waals surface area contributed by atoms with Gasteiger partial charge in [-0.25, -0.2) is 9.64 Å². The van der Waals surface area contributed by atoms with Crippen LogP contribution in [0.5, 0.6) is 0 Å². The number of fused-ring (bicyclic) bond motifs is 1. The highest BCUT2D eigenvalue weighted by atomic mass is 16.6. The molecule has 6 heteroatoms. The Morgan fingerprint density at radius 2 is 2.04 bits per heavy atom. The van der Waals surface area contributed by atoms with Gasteiger partial charge < -0.3 is 15.0 Å². The van der Waals surface area contributed by atoms with Gasteiger partial charge in [-0.2, -0.15) is 0 Å². The number of rotatable bonds is 1. The third-order valence-electron chi connectivity index (χ3n) is 3.82. The average Bonchev–Trinajstić information content (AvgIpc) is 2.44. The summed E-state index contributed by atoms with van der Waals surface area (Å²) in [4.78, 5) is 29.3. The number of carbonyl (C=O) groups excluding carboxylic acids is 2. The summed E-state index contributed by atoms with van der Waals surface area (Å²) in [5.74, 6) is -0.0602. The van der Waals surface area contributed by atoms with Crippen LogP contribution < -0.4 is 10.2 Å². The molecule has 1 heterocycles. The molecule has 0 unspecified atom stereocenters. The van der Waals surface area contributed by atoms with E-state index in [1.807, 2.05) is 6.92 Å². The lowest BCUT2D eigenvalue weighted by molar-refractivity contribution is -0.117. The number of amides is 2. The molecule has 0 spiro atoms. The molecule has 0 saturated carbocycles. The van der Waals surface area contributed by atoms with Gasteiger partial charge in [-0.1, -0.05) is 6.07 Å². The highest BCUT2D eigenvalue weighted by Gasteiger charge is 2.34. The summed E-state index contributed by atoms with van der Waals surface area (Å²) in [6.07, 6.45) is 0.0583. The number of benzene rings is 1. The summed E-state index contributed by atoms with van der Waals surface area (Å²) in [6.45, 7) is 16.1. The van der Waals surface area contributed by atoms with Crippen molar-refractivity contribution in [1.29, 1.82) is 0 Å². The van der Waals surface area contributed by atoms with Crippen molar-refractivity contribution < 1.29 is 14.3 Å². The minimum absolute atomic E-state index is 0.0602. The van der Waals surface area contributed by atoms with Crippen LogP contribution in [0.15, 0.2) is 18.2 Å². The summed E-state index contributed by atoms with van der Waals surface area (Å²) in [7, 11) is 0. The van der Waals surface area contributed by atoms with Crippen molar-refractivity contribution in [3.63, 3.8) is 0 Å². The lowest BCUT2D eigenvalue weighted by atomic mass is 9.91. The second kappa shape index (κ2) is 6.52. The van der Waals surface area contributed by atoms with Crippen LogP contribution in [-0.4, -0.2) is 23.6 Å². The Morgan fingerprint density at radius 1 is 1.38 bits per heavy atom. The molecule has 24 heavy (non-hydrogen) atoms. The molecule has 0 saturated heterocycles. The molecule has 2 atom stereocenters. The minimum atomic E-state index is -0.586. The summed E-state index contributed by atoms with van der Waals surface area (Å²) in [5, 5.41) is 2.87. The van der Waals surface area contributed by atoms with Crippen LogP contribution in [0, 0.1) is 6.57 Å². The van der Waals surface area contributed by atoms with E-state index in [1.165, 1.54) is 6.92 Å². The zero-order valence-corrected chi connectivity index (χ0v) is 14.7. The van der Waals surface area contributed by atoms with Gasteiger partial charge in [0.1, 0.15) is 5.60 Å². The largest absolute Gasteiger partial charge is 0.444 e. The molecule has 1 aliphatic rings. The lowest BCUT2D eigenvalue weighted by Crippen LogP contribution is -2.46. The van der Waals surface area contributed by atoms with Crippen LogP contribution in [0.3, 0.4) is 0 Å². The van der Waals surface area contributed by atoms with Gasteiger partial charge >= 0.3 is 6.09 Å². The van der Waals surface area contributed by atoms with Crippen molar-refractivity contribution >= 4 is 23.4 Å². The highest BCUT2D eigenvalue weighted by Crippen LogP contribution is 2.39. The van der Waals surface area contributed by atoms with E-state index in [9.17, 15) is 9.59 Å². The van der Waals surface area contributed by atoms with Crippen molar-refractivity contribution in [3.05, 3.63) is 35.2 Å². The van der Waals surface area contributed by atoms with E-state index < -0.39 is 11.7 Å². The van der Waals surface area contributed by atoms with E-state index >= 15 is 0 Å². The molecular formula is C18H23N3O3. The van der Waals surface area contributed by atoms with Gasteiger partial charge in [0.15, 0.2) is 5.69 Å². The van der Waals surface area contributed by atoms with Gasteiger partial charge in [0, 0.05) is 18.7 Å². The third-order valence-corrected chi connectivity index (χ3v) is 3.82. The maximum Gasteiger partial charge on any atom is 0.408 e. The average molecular weight is 329 g/mol. The quantitative estimate of drug-likeness (QED) is 0.794. The van der Waals surface area contributed by atoms with E-state index in [0.717, 1.165) is 11.3 Å². The van der Waals surface area contributed by atoms with Crippen molar-refractivity contribution in [1.82, 2.24) is 5.32 Å². The molecule has 1 aromatic carbocycles. The molecule has 2 amide bonds. The number of hydrogen-bond donors (Lipinski definition) is 1. The predicted octanol–water partition coefficient (Wildman–Crippen LogP) is 3.95. The number of nitrogens with one attached hydrogen (secondary N) is 1. The number of hydrogen-bond acceptors (Lipinski definition) is 3. The summed E-state index contributed by atoms with van der Waals surface area (Å²) in [5.41, 5.74) is 1.39. The first kappa shape index (κ1) is 17.8. The first-order valence-corrected chi connectivity index (χ1v) is 7.93. The fourth-order valence-electron chi connectivity index (χ4n) is 2.99. The van der Waals surface area contributed by atoms with Gasteiger partial charge in [0.05, 0.1) is 12.6 Å². The summed E-state index contributed by atoms with van der Waals surface area (Å²) < 4.78 is 5.33. The molecule has 0 radical (unpaired) electrons. The first-order chi connectivity index (χ1) is 11.1. The van der Waals surface area contributed by atoms with E-state index in [0.29, 0.717) is 12.1 Å². The molecule has 0 aliphatic carbocycles. The number of nitrogens with zero attached hydrogens (tertiary/aromatic N) is 2. The molecule has 0 bridgehead atoms. The van der Waals surface area contributed by atoms with Gasteiger partial charge in [-0.05, 0) is 51.8 Å². The van der Waals surface area contributed by atoms with Crippen molar-refractivity contribution in [2.24, 2.45) is 0 Å². The zero-order valence-electron chi connectivity index (χ0n) is 14.7. The summed E-state index contributed by atoms with van der Waals surface area (Å²) in [6, 6.07) is 4.82. The van der Waals surface area contributed by atoms with E-state index in [4.69, 9.17) is 11.3 Å². The Balaban J connectivity index is 2.37. The molecule has 0 aromatic heterocycles. The van der Waals surface area contributed by atoms with Gasteiger partial charge in [-0.15, -0.1) is 0 Å². The molecule has 1 N–H and O–H groups in total. The molecule has 128 valence electrons. The fourth-order valence-corrected chi connectivity index (χ4v) is 2.99. The Bertz CT molecular complexity index is 700. The number of anilines is 1. The molecular weight excluding hydrogens is 306 g/mol. The topological polar surface area (TPSA) is 63.0 Å². The third kappa shape index (κ3) is 3.85. The second-order valence-electron chi connectivity index (χ2n) is 7.03. The Labute approximate surface area is 142 Å². The van der Waals surface area contributed by atoms with Crippen molar-refractivity contribution in [3.8, 4) is 0 Å². The van der Waals surface area contributed by atoms with Crippen LogP contribution in [0.1, 0.15) is 52.6 Å². The van der Waals surface area contributed by atoms with Gasteiger partial charge in [-0.3, -0.25) is 4.79 Å². The molecule has 1 aromatic rings. The lowest BCUT2D eigenvalue weighted by Gasteiger charge is -2.39. The van der Waals surface area contributed by atoms with Crippen molar-refractivity contribution in [2.45, 2.75) is 58.7 Å². The minimum Gasteiger partial charge on any atom is -0.444 e. The first-order valence-electron chi connectivity index (χ1n) is 7.93. The van der Waals surface area contributed by atoms with Gasteiger partial charge in [0.2, 0.25) is 5.91 Å². The predicted molar refractivity (Wildman–Crippen MR) is 92.1 cm³/mol. The standard InChI is InChI=1S/C18H23N3O3/c1-11-9-15(20-17(23)24-18(3,4)5)14-10-13(19-6)7-8-16(14)21(11)12(2)22/h7-8,10-11,15H,9H2,1-5H3,(H,20,23)/t11-,15+/m0/s1. The molecule has 1 aliphatic heterocycles. The van der Waals surface area contributed by atoms with Crippen LogP contribution in [0.25, 0.3) is 4.85 Å². The SMILES string of the molecule is [C-]#[N+]c1ccc2c(c1)[C@H](NC(=O)OC(C)(C)C)C[C@H](C)N2C(C)=O. The number of carbonyl (C=O) groups is 2. The zero-order chi connectivity index (χ0) is 18.1. The van der Waals surface area contributed by atoms with Crippen molar-refractivity contribution in [2.75, 3.05) is 4.90 Å². The number of alkyl carbamates (subject to hydrolysis) is 1. The summed E-state index contributed by atoms with van der Waals surface area (Å²) >= 11 is 0. The van der Waals surface area contributed by atoms with Gasteiger partial charge in [0.25, 0.3) is 0 Å². The smallest absolute Gasteiger partial charge is 0.408 e. The molecule has 2 rings (SSSR count). The number of ether oxygens (including phenoxy) is 1. The monoisotopic (exact) mass is 329 g/mol. The Morgan fingerprint density at radius 3 is 2.58 bits per heavy atom. The van der Waals surface area contributed by atoms with Crippen LogP contribution in [0.4, 0.5) is 16.2 Å².